The van der Waals surface area contributed by atoms with Crippen molar-refractivity contribution in [2.45, 2.75) is 38.3 Å². The maximum absolute atomic E-state index is 11.2. The van der Waals surface area contributed by atoms with Crippen LogP contribution >= 0.6 is 0 Å². The summed E-state index contributed by atoms with van der Waals surface area (Å²) in [7, 11) is 0. The summed E-state index contributed by atoms with van der Waals surface area (Å²) in [6.07, 6.45) is 0.601. The van der Waals surface area contributed by atoms with E-state index in [2.05, 4.69) is 5.32 Å². The van der Waals surface area contributed by atoms with Crippen LogP contribution in [0.2, 0.25) is 0 Å². The molecule has 0 aromatic heterocycles. The number of rotatable bonds is 6. The van der Waals surface area contributed by atoms with Crippen LogP contribution in [0.4, 0.5) is 0 Å². The summed E-state index contributed by atoms with van der Waals surface area (Å²) in [5, 5.41) is 19.4. The third-order valence-corrected chi connectivity index (χ3v) is 1.81. The lowest BCUT2D eigenvalue weighted by Gasteiger charge is -2.18. The van der Waals surface area contributed by atoms with E-state index in [9.17, 15) is 9.59 Å². The minimum atomic E-state index is -1.25. The third kappa shape index (κ3) is 6.87. The van der Waals surface area contributed by atoms with Crippen molar-refractivity contribution in [2.75, 3.05) is 6.61 Å². The van der Waals surface area contributed by atoms with Gasteiger partial charge in [-0.25, -0.2) is 4.79 Å². The average molecular weight is 218 g/mol. The van der Waals surface area contributed by atoms with Crippen molar-refractivity contribution in [3.63, 3.8) is 0 Å². The molecule has 0 saturated heterocycles. The van der Waals surface area contributed by atoms with E-state index in [4.69, 9.17) is 15.9 Å². The van der Waals surface area contributed by atoms with Gasteiger partial charge in [0.15, 0.2) is 0 Å². The number of aliphatic hydroxyl groups is 1. The van der Waals surface area contributed by atoms with Gasteiger partial charge in [-0.3, -0.25) is 4.79 Å². The van der Waals surface area contributed by atoms with Crippen LogP contribution in [0.3, 0.4) is 0 Å². The Balaban J connectivity index is 3.98. The average Bonchev–Trinajstić information content (AvgIpc) is 2.09. The molecular formula is C9H18N2O4. The van der Waals surface area contributed by atoms with E-state index in [0.717, 1.165) is 0 Å². The lowest BCUT2D eigenvalue weighted by molar-refractivity contribution is -0.143. The van der Waals surface area contributed by atoms with Gasteiger partial charge >= 0.3 is 5.97 Å². The molecule has 0 heterocycles. The third-order valence-electron chi connectivity index (χ3n) is 1.81. The first-order valence-corrected chi connectivity index (χ1v) is 4.68. The maximum atomic E-state index is 11.2. The molecule has 0 aliphatic carbocycles. The second-order valence-corrected chi connectivity index (χ2v) is 4.13. The smallest absolute Gasteiger partial charge is 0.328 e. The highest BCUT2D eigenvalue weighted by Gasteiger charge is 2.20. The number of nitrogens with two attached hydrogens (primary N) is 1. The van der Waals surface area contributed by atoms with Gasteiger partial charge in [0.2, 0.25) is 5.91 Å². The van der Waals surface area contributed by atoms with E-state index in [1.807, 2.05) is 0 Å². The zero-order valence-corrected chi connectivity index (χ0v) is 8.99. The number of amides is 1. The number of aliphatic carboxylic acids is 1. The van der Waals surface area contributed by atoms with Gasteiger partial charge in [-0.2, -0.15) is 0 Å². The summed E-state index contributed by atoms with van der Waals surface area (Å²) in [6.45, 7) is 2.94. The van der Waals surface area contributed by atoms with Crippen molar-refractivity contribution in [3.8, 4) is 0 Å². The van der Waals surface area contributed by atoms with Crippen LogP contribution in [-0.4, -0.2) is 40.3 Å². The maximum Gasteiger partial charge on any atom is 0.328 e. The van der Waals surface area contributed by atoms with Crippen LogP contribution in [-0.2, 0) is 9.59 Å². The van der Waals surface area contributed by atoms with Crippen molar-refractivity contribution in [2.24, 2.45) is 5.73 Å². The number of aliphatic hydroxyl groups excluding tert-OH is 1. The number of carbonyl (C=O) groups excluding carboxylic acids is 1. The van der Waals surface area contributed by atoms with Gasteiger partial charge in [0, 0.05) is 12.0 Å². The quantitative estimate of drug-likeness (QED) is 0.460. The minimum absolute atomic E-state index is 0.146. The lowest BCUT2D eigenvalue weighted by Crippen LogP contribution is -2.44. The Morgan fingerprint density at radius 2 is 2.00 bits per heavy atom. The van der Waals surface area contributed by atoms with E-state index in [1.54, 1.807) is 13.8 Å². The molecule has 6 nitrogen and oxygen atoms in total. The first-order chi connectivity index (χ1) is 6.76. The molecule has 15 heavy (non-hydrogen) atoms. The van der Waals surface area contributed by atoms with Crippen molar-refractivity contribution < 1.29 is 19.8 Å². The lowest BCUT2D eigenvalue weighted by atomic mass is 10.00. The van der Waals surface area contributed by atoms with Gasteiger partial charge in [-0.15, -0.1) is 0 Å². The van der Waals surface area contributed by atoms with Gasteiger partial charge in [-0.05, 0) is 20.3 Å². The summed E-state index contributed by atoms with van der Waals surface area (Å²) in [4.78, 5) is 21.7. The van der Waals surface area contributed by atoms with Crippen molar-refractivity contribution in [1.82, 2.24) is 5.32 Å². The van der Waals surface area contributed by atoms with Crippen LogP contribution in [0.15, 0.2) is 0 Å². The topological polar surface area (TPSA) is 113 Å². The highest BCUT2D eigenvalue weighted by Crippen LogP contribution is 2.06. The van der Waals surface area contributed by atoms with Gasteiger partial charge in [-0.1, -0.05) is 0 Å². The highest BCUT2D eigenvalue weighted by atomic mass is 16.4. The molecule has 0 rings (SSSR count). The Hall–Kier alpha value is -1.14. The molecule has 0 fully saturated rings. The monoisotopic (exact) mass is 218 g/mol. The first-order valence-electron chi connectivity index (χ1n) is 4.68. The van der Waals surface area contributed by atoms with E-state index in [1.165, 1.54) is 0 Å². The Kier molecular flexibility index (Phi) is 5.24. The van der Waals surface area contributed by atoms with Gasteiger partial charge in [0.1, 0.15) is 6.04 Å². The molecule has 0 aliphatic heterocycles. The number of carboxylic acid groups (broad SMARTS) is 1. The number of hydrogen-bond acceptors (Lipinski definition) is 4. The Labute approximate surface area is 88.5 Å². The molecular weight excluding hydrogens is 200 g/mol. The van der Waals surface area contributed by atoms with Crippen LogP contribution < -0.4 is 11.1 Å². The van der Waals surface area contributed by atoms with Crippen LogP contribution in [0.5, 0.6) is 0 Å². The number of nitrogens with one attached hydrogen (secondary N) is 1. The molecule has 0 aromatic rings. The second-order valence-electron chi connectivity index (χ2n) is 4.13. The van der Waals surface area contributed by atoms with E-state index >= 15 is 0 Å². The fourth-order valence-corrected chi connectivity index (χ4v) is 0.888. The predicted octanol–water partition coefficient (Wildman–Crippen LogP) is -0.934. The molecule has 6 heteroatoms. The zero-order valence-electron chi connectivity index (χ0n) is 8.99. The van der Waals surface area contributed by atoms with E-state index in [0.29, 0.717) is 6.42 Å². The Morgan fingerprint density at radius 3 is 2.33 bits per heavy atom. The molecule has 0 spiro atoms. The number of carbonyl (C=O) groups is 2. The summed E-state index contributed by atoms with van der Waals surface area (Å²) in [5.41, 5.74) is 5.20. The highest BCUT2D eigenvalue weighted by molar-refractivity contribution is 5.83. The van der Waals surface area contributed by atoms with Crippen LogP contribution in [0, 0.1) is 0 Å². The zero-order chi connectivity index (χ0) is 12.1. The van der Waals surface area contributed by atoms with Crippen molar-refractivity contribution in [3.05, 3.63) is 0 Å². The summed E-state index contributed by atoms with van der Waals surface area (Å²) in [5.74, 6) is -1.67. The second kappa shape index (κ2) is 5.67. The number of carboxylic acids is 1. The first kappa shape index (κ1) is 13.9. The fraction of sp³-hybridized carbons (Fsp3) is 0.778. The molecule has 88 valence electrons. The van der Waals surface area contributed by atoms with Gasteiger partial charge in [0.05, 0.1) is 6.61 Å². The molecule has 0 radical (unpaired) electrons. The minimum Gasteiger partial charge on any atom is -0.480 e. The molecule has 0 bridgehead atoms. The molecule has 5 N–H and O–H groups in total. The standard InChI is InChI=1S/C9H18N2O4/c1-9(2,10)4-3-7(13)11-6(5-12)8(14)15/h6,12H,3-5,10H2,1-2H3,(H,11,13)(H,14,15). The molecule has 1 atom stereocenters. The molecule has 0 aliphatic rings. The molecule has 0 saturated carbocycles. The summed E-state index contributed by atoms with van der Waals surface area (Å²) >= 11 is 0. The Morgan fingerprint density at radius 1 is 1.47 bits per heavy atom. The largest absolute Gasteiger partial charge is 0.480 e. The van der Waals surface area contributed by atoms with Crippen molar-refractivity contribution >= 4 is 11.9 Å². The Bertz CT molecular complexity index is 235. The fourth-order valence-electron chi connectivity index (χ4n) is 0.888. The molecule has 0 aromatic carbocycles. The summed E-state index contributed by atoms with van der Waals surface area (Å²) in [6, 6.07) is -1.24. The van der Waals surface area contributed by atoms with Crippen LogP contribution in [0.25, 0.3) is 0 Å². The molecule has 1 amide bonds. The van der Waals surface area contributed by atoms with Gasteiger partial charge < -0.3 is 21.3 Å². The van der Waals surface area contributed by atoms with Crippen LogP contribution in [0.1, 0.15) is 26.7 Å². The number of hydrogen-bond donors (Lipinski definition) is 4. The van der Waals surface area contributed by atoms with Gasteiger partial charge in [0.25, 0.3) is 0 Å². The normalized spacial score (nSPS) is 13.3. The predicted molar refractivity (Wildman–Crippen MR) is 54.2 cm³/mol. The van der Waals surface area contributed by atoms with E-state index < -0.39 is 30.1 Å². The molecule has 1 unspecified atom stereocenters. The van der Waals surface area contributed by atoms with E-state index in [-0.39, 0.29) is 6.42 Å². The SMILES string of the molecule is CC(C)(N)CCC(=O)NC(CO)C(=O)O. The van der Waals surface area contributed by atoms with Crippen molar-refractivity contribution in [1.29, 1.82) is 0 Å². The summed E-state index contributed by atoms with van der Waals surface area (Å²) < 4.78 is 0.